The highest BCUT2D eigenvalue weighted by Crippen LogP contribution is 2.40. The minimum absolute atomic E-state index is 0.0350. The van der Waals surface area contributed by atoms with Crippen LogP contribution in [-0.4, -0.2) is 28.6 Å². The number of piperidine rings is 1. The van der Waals surface area contributed by atoms with E-state index in [0.717, 1.165) is 25.1 Å². The van der Waals surface area contributed by atoms with Crippen LogP contribution in [0.5, 0.6) is 0 Å². The van der Waals surface area contributed by atoms with Gasteiger partial charge in [0.25, 0.3) is 5.91 Å². The van der Waals surface area contributed by atoms with Crippen molar-refractivity contribution in [1.82, 2.24) is 10.1 Å². The van der Waals surface area contributed by atoms with Crippen molar-refractivity contribution in [3.8, 4) is 0 Å². The van der Waals surface area contributed by atoms with Gasteiger partial charge in [0.2, 0.25) is 0 Å². The van der Waals surface area contributed by atoms with Crippen LogP contribution in [0.1, 0.15) is 61.2 Å². The molecule has 0 spiro atoms. The maximum atomic E-state index is 12.3. The summed E-state index contributed by atoms with van der Waals surface area (Å²) in [6.07, 6.45) is 5.76. The van der Waals surface area contributed by atoms with Crippen molar-refractivity contribution in [2.45, 2.75) is 51.0 Å². The lowest BCUT2D eigenvalue weighted by Gasteiger charge is -2.32. The third-order valence-corrected chi connectivity index (χ3v) is 3.79. The van der Waals surface area contributed by atoms with E-state index in [1.54, 1.807) is 0 Å². The minimum atomic E-state index is 0.0350. The summed E-state index contributed by atoms with van der Waals surface area (Å²) in [6, 6.07) is 2.17. The number of aromatic nitrogens is 1. The molecule has 1 saturated carbocycles. The fraction of sp³-hybridized carbons (Fsp3) is 0.692. The first-order chi connectivity index (χ1) is 8.25. The first kappa shape index (κ1) is 10.8. The molecule has 1 saturated heterocycles. The lowest BCUT2D eigenvalue weighted by Crippen LogP contribution is -2.42. The summed E-state index contributed by atoms with van der Waals surface area (Å²) in [5.41, 5.74) is 0.487. The standard InChI is InChI=1S/C13H18N2O2/c1-9-4-2-3-7-15(9)13(16)11-8-12(17-14-11)10-5-6-10/h8-10H,2-7H2,1H3. The van der Waals surface area contributed by atoms with Crippen molar-refractivity contribution in [3.63, 3.8) is 0 Å². The SMILES string of the molecule is CC1CCCCN1C(=O)c1cc(C2CC2)on1. The molecule has 4 nitrogen and oxygen atoms in total. The highest BCUT2D eigenvalue weighted by atomic mass is 16.5. The van der Waals surface area contributed by atoms with Crippen molar-refractivity contribution in [3.05, 3.63) is 17.5 Å². The van der Waals surface area contributed by atoms with E-state index >= 15 is 0 Å². The smallest absolute Gasteiger partial charge is 0.276 e. The zero-order chi connectivity index (χ0) is 11.8. The molecule has 1 amide bonds. The maximum Gasteiger partial charge on any atom is 0.276 e. The van der Waals surface area contributed by atoms with Crippen molar-refractivity contribution in [2.75, 3.05) is 6.54 Å². The third-order valence-electron chi connectivity index (χ3n) is 3.79. The van der Waals surface area contributed by atoms with Gasteiger partial charge in [0.05, 0.1) is 0 Å². The van der Waals surface area contributed by atoms with Crippen LogP contribution in [0.2, 0.25) is 0 Å². The van der Waals surface area contributed by atoms with Crippen LogP contribution in [0.3, 0.4) is 0 Å². The lowest BCUT2D eigenvalue weighted by molar-refractivity contribution is 0.0625. The van der Waals surface area contributed by atoms with Gasteiger partial charge in [0, 0.05) is 24.6 Å². The van der Waals surface area contributed by atoms with Crippen molar-refractivity contribution >= 4 is 5.91 Å². The van der Waals surface area contributed by atoms with Crippen LogP contribution < -0.4 is 0 Å². The predicted octanol–water partition coefficient (Wildman–Crippen LogP) is 2.57. The number of amides is 1. The van der Waals surface area contributed by atoms with Crippen LogP contribution in [0.25, 0.3) is 0 Å². The van der Waals surface area contributed by atoms with Gasteiger partial charge in [-0.1, -0.05) is 5.16 Å². The molecule has 3 rings (SSSR count). The van der Waals surface area contributed by atoms with Gasteiger partial charge < -0.3 is 9.42 Å². The number of hydrogen-bond acceptors (Lipinski definition) is 3. The van der Waals surface area contributed by atoms with Crippen LogP contribution in [0, 0.1) is 0 Å². The summed E-state index contributed by atoms with van der Waals surface area (Å²) in [7, 11) is 0. The average molecular weight is 234 g/mol. The first-order valence-corrected chi connectivity index (χ1v) is 6.53. The van der Waals surface area contributed by atoms with Crippen LogP contribution in [-0.2, 0) is 0 Å². The number of carbonyl (C=O) groups excluding carboxylic acids is 1. The summed E-state index contributed by atoms with van der Waals surface area (Å²) < 4.78 is 5.24. The van der Waals surface area contributed by atoms with Gasteiger partial charge in [-0.05, 0) is 39.0 Å². The monoisotopic (exact) mass is 234 g/mol. The van der Waals surface area contributed by atoms with Gasteiger partial charge in [-0.3, -0.25) is 4.79 Å². The number of rotatable bonds is 2. The molecule has 17 heavy (non-hydrogen) atoms. The molecule has 4 heteroatoms. The topological polar surface area (TPSA) is 46.3 Å². The van der Waals surface area contributed by atoms with Crippen LogP contribution in [0.15, 0.2) is 10.6 Å². The zero-order valence-electron chi connectivity index (χ0n) is 10.2. The number of hydrogen-bond donors (Lipinski definition) is 0. The molecular weight excluding hydrogens is 216 g/mol. The van der Waals surface area contributed by atoms with Gasteiger partial charge in [-0.25, -0.2) is 0 Å². The van der Waals surface area contributed by atoms with Crippen molar-refractivity contribution in [1.29, 1.82) is 0 Å². The maximum absolute atomic E-state index is 12.3. The summed E-state index contributed by atoms with van der Waals surface area (Å²) >= 11 is 0. The Labute approximate surface area is 101 Å². The molecule has 1 atom stereocenters. The molecule has 1 unspecified atom stereocenters. The van der Waals surface area contributed by atoms with Gasteiger partial charge in [-0.2, -0.15) is 0 Å². The normalized spacial score (nSPS) is 25.0. The Morgan fingerprint density at radius 3 is 2.94 bits per heavy atom. The van der Waals surface area contributed by atoms with E-state index < -0.39 is 0 Å². The Bertz CT molecular complexity index is 423. The van der Waals surface area contributed by atoms with E-state index in [1.807, 2.05) is 11.0 Å². The van der Waals surface area contributed by atoms with E-state index in [4.69, 9.17) is 4.52 Å². The first-order valence-electron chi connectivity index (χ1n) is 6.53. The average Bonchev–Trinajstić information content (AvgIpc) is 3.07. The predicted molar refractivity (Wildman–Crippen MR) is 62.8 cm³/mol. The Balaban J connectivity index is 1.75. The highest BCUT2D eigenvalue weighted by molar-refractivity contribution is 5.92. The number of carbonyl (C=O) groups is 1. The molecule has 0 bridgehead atoms. The number of nitrogens with zero attached hydrogens (tertiary/aromatic N) is 2. The second-order valence-electron chi connectivity index (χ2n) is 5.23. The summed E-state index contributed by atoms with van der Waals surface area (Å²) in [6.45, 7) is 2.96. The second-order valence-corrected chi connectivity index (χ2v) is 5.23. The van der Waals surface area contributed by atoms with Crippen LogP contribution >= 0.6 is 0 Å². The quantitative estimate of drug-likeness (QED) is 0.790. The Morgan fingerprint density at radius 2 is 2.24 bits per heavy atom. The highest BCUT2D eigenvalue weighted by Gasteiger charge is 2.31. The molecule has 0 aromatic carbocycles. The molecular formula is C13H18N2O2. The lowest BCUT2D eigenvalue weighted by atomic mass is 10.0. The summed E-state index contributed by atoms with van der Waals surface area (Å²) in [5.74, 6) is 1.44. The van der Waals surface area contributed by atoms with E-state index in [9.17, 15) is 4.79 Å². The van der Waals surface area contributed by atoms with Gasteiger partial charge >= 0.3 is 0 Å². The molecule has 2 fully saturated rings. The van der Waals surface area contributed by atoms with Crippen molar-refractivity contribution in [2.24, 2.45) is 0 Å². The molecule has 1 aromatic heterocycles. The molecule has 2 aliphatic rings. The Kier molecular flexibility index (Phi) is 2.65. The largest absolute Gasteiger partial charge is 0.360 e. The van der Waals surface area contributed by atoms with E-state index in [1.165, 1.54) is 19.3 Å². The molecule has 0 radical (unpaired) electrons. The third kappa shape index (κ3) is 2.08. The Hall–Kier alpha value is -1.32. The molecule has 1 aliphatic heterocycles. The van der Waals surface area contributed by atoms with Crippen LogP contribution in [0.4, 0.5) is 0 Å². The number of likely N-dealkylation sites (tertiary alicyclic amines) is 1. The van der Waals surface area contributed by atoms with Gasteiger partial charge in [0.15, 0.2) is 5.69 Å². The van der Waals surface area contributed by atoms with E-state index in [0.29, 0.717) is 17.7 Å². The van der Waals surface area contributed by atoms with Crippen molar-refractivity contribution < 1.29 is 9.32 Å². The molecule has 1 aliphatic carbocycles. The minimum Gasteiger partial charge on any atom is -0.360 e. The van der Waals surface area contributed by atoms with E-state index in [-0.39, 0.29) is 5.91 Å². The molecule has 0 N–H and O–H groups in total. The summed E-state index contributed by atoms with van der Waals surface area (Å²) in [4.78, 5) is 14.2. The Morgan fingerprint density at radius 1 is 1.41 bits per heavy atom. The van der Waals surface area contributed by atoms with Gasteiger partial charge in [-0.15, -0.1) is 0 Å². The molecule has 2 heterocycles. The fourth-order valence-electron chi connectivity index (χ4n) is 2.50. The molecule has 1 aromatic rings. The van der Waals surface area contributed by atoms with Gasteiger partial charge in [0.1, 0.15) is 5.76 Å². The fourth-order valence-corrected chi connectivity index (χ4v) is 2.50. The van der Waals surface area contributed by atoms with E-state index in [2.05, 4.69) is 12.1 Å². The second kappa shape index (κ2) is 4.17. The summed E-state index contributed by atoms with van der Waals surface area (Å²) in [5, 5.41) is 3.92. The zero-order valence-corrected chi connectivity index (χ0v) is 10.2. The molecule has 92 valence electrons.